The molecule has 16 heavy (non-hydrogen) atoms. The minimum atomic E-state index is -0.651. The molecule has 0 aliphatic carbocycles. The summed E-state index contributed by atoms with van der Waals surface area (Å²) in [6.45, 7) is 3.59. The molecule has 1 unspecified atom stereocenters. The number of rotatable bonds is 1. The summed E-state index contributed by atoms with van der Waals surface area (Å²) in [4.78, 5) is 10.1. The van der Waals surface area contributed by atoms with Crippen LogP contribution in [-0.4, -0.2) is 21.7 Å². The molecule has 1 aliphatic heterocycles. The molecule has 0 amide bonds. The smallest absolute Gasteiger partial charge is 0.269 e. The van der Waals surface area contributed by atoms with Gasteiger partial charge in [-0.1, -0.05) is 0 Å². The fraction of sp³-hybridized carbons (Fsp3) is 0.455. The summed E-state index contributed by atoms with van der Waals surface area (Å²) in [5.74, 6) is 0.612. The summed E-state index contributed by atoms with van der Waals surface area (Å²) in [7, 11) is 0. The van der Waals surface area contributed by atoms with E-state index in [1.807, 2.05) is 0 Å². The van der Waals surface area contributed by atoms with Gasteiger partial charge >= 0.3 is 0 Å². The van der Waals surface area contributed by atoms with Crippen LogP contribution in [0.5, 0.6) is 5.75 Å². The van der Waals surface area contributed by atoms with E-state index in [-0.39, 0.29) is 5.69 Å². The average molecular weight is 223 g/mol. The van der Waals surface area contributed by atoms with Gasteiger partial charge in [0.15, 0.2) is 0 Å². The molecule has 5 nitrogen and oxygen atoms in total. The van der Waals surface area contributed by atoms with Crippen LogP contribution in [0.1, 0.15) is 19.4 Å². The number of nitrogens with zero attached hydrogens (tertiary/aromatic N) is 1. The Morgan fingerprint density at radius 1 is 1.56 bits per heavy atom. The van der Waals surface area contributed by atoms with Crippen molar-refractivity contribution in [2.75, 3.05) is 0 Å². The summed E-state index contributed by atoms with van der Waals surface area (Å²) < 4.78 is 5.59. The third-order valence-electron chi connectivity index (χ3n) is 2.84. The lowest BCUT2D eigenvalue weighted by Gasteiger charge is -2.36. The molecule has 0 bridgehead atoms. The van der Waals surface area contributed by atoms with E-state index in [2.05, 4.69) is 0 Å². The number of benzene rings is 1. The van der Waals surface area contributed by atoms with E-state index >= 15 is 0 Å². The molecule has 0 saturated heterocycles. The average Bonchev–Trinajstić information content (AvgIpc) is 2.18. The summed E-state index contributed by atoms with van der Waals surface area (Å²) in [6.07, 6.45) is -0.272. The molecule has 0 radical (unpaired) electrons. The van der Waals surface area contributed by atoms with Crippen molar-refractivity contribution in [2.45, 2.75) is 32.0 Å². The lowest BCUT2D eigenvalue weighted by atomic mass is 9.91. The van der Waals surface area contributed by atoms with Crippen LogP contribution in [0.15, 0.2) is 18.2 Å². The van der Waals surface area contributed by atoms with E-state index in [4.69, 9.17) is 4.74 Å². The van der Waals surface area contributed by atoms with Crippen molar-refractivity contribution in [1.29, 1.82) is 0 Å². The second kappa shape index (κ2) is 3.45. The predicted molar refractivity (Wildman–Crippen MR) is 57.5 cm³/mol. The first-order valence-electron chi connectivity index (χ1n) is 5.04. The van der Waals surface area contributed by atoms with Crippen molar-refractivity contribution in [2.24, 2.45) is 0 Å². The van der Waals surface area contributed by atoms with Crippen LogP contribution in [0.25, 0.3) is 0 Å². The number of nitro benzene ring substituents is 1. The molecule has 1 aliphatic rings. The van der Waals surface area contributed by atoms with Gasteiger partial charge in [0.2, 0.25) is 0 Å². The SMILES string of the molecule is CC1(C)Oc2ccc([N+](=O)[O-])cc2CC1O. The van der Waals surface area contributed by atoms with Crippen molar-refractivity contribution in [3.05, 3.63) is 33.9 Å². The second-order valence-corrected chi connectivity index (χ2v) is 4.47. The van der Waals surface area contributed by atoms with Gasteiger partial charge in [-0.05, 0) is 19.9 Å². The van der Waals surface area contributed by atoms with Crippen molar-refractivity contribution in [3.63, 3.8) is 0 Å². The molecule has 0 saturated carbocycles. The maximum atomic E-state index is 10.6. The van der Waals surface area contributed by atoms with Gasteiger partial charge in [0.25, 0.3) is 5.69 Å². The highest BCUT2D eigenvalue weighted by Crippen LogP contribution is 2.35. The zero-order valence-electron chi connectivity index (χ0n) is 9.14. The normalized spacial score (nSPS) is 22.1. The maximum Gasteiger partial charge on any atom is 0.269 e. The number of hydrogen-bond donors (Lipinski definition) is 1. The Labute approximate surface area is 92.8 Å². The van der Waals surface area contributed by atoms with Gasteiger partial charge in [-0.25, -0.2) is 0 Å². The quantitative estimate of drug-likeness (QED) is 0.580. The Balaban J connectivity index is 2.40. The van der Waals surface area contributed by atoms with Crippen LogP contribution >= 0.6 is 0 Å². The molecule has 0 fully saturated rings. The van der Waals surface area contributed by atoms with Gasteiger partial charge in [0, 0.05) is 24.1 Å². The summed E-state index contributed by atoms with van der Waals surface area (Å²) >= 11 is 0. The fourth-order valence-electron chi connectivity index (χ4n) is 1.74. The van der Waals surface area contributed by atoms with Crippen LogP contribution in [0.4, 0.5) is 5.69 Å². The van der Waals surface area contributed by atoms with E-state index in [9.17, 15) is 15.2 Å². The minimum absolute atomic E-state index is 0.0225. The fourth-order valence-corrected chi connectivity index (χ4v) is 1.74. The zero-order valence-corrected chi connectivity index (χ0v) is 9.14. The van der Waals surface area contributed by atoms with E-state index in [0.717, 1.165) is 0 Å². The third kappa shape index (κ3) is 1.74. The third-order valence-corrected chi connectivity index (χ3v) is 2.84. The highest BCUT2D eigenvalue weighted by atomic mass is 16.6. The van der Waals surface area contributed by atoms with Gasteiger partial charge in [-0.15, -0.1) is 0 Å². The molecule has 1 aromatic rings. The summed E-state index contributed by atoms with van der Waals surface area (Å²) in [5.41, 5.74) is 0.0543. The number of fused-ring (bicyclic) bond motifs is 1. The van der Waals surface area contributed by atoms with E-state index in [1.165, 1.54) is 12.1 Å². The number of non-ortho nitro benzene ring substituents is 1. The van der Waals surface area contributed by atoms with Crippen LogP contribution in [0, 0.1) is 10.1 Å². The molecule has 86 valence electrons. The van der Waals surface area contributed by atoms with Crippen LogP contribution < -0.4 is 4.74 Å². The maximum absolute atomic E-state index is 10.6. The van der Waals surface area contributed by atoms with E-state index < -0.39 is 16.6 Å². The summed E-state index contributed by atoms with van der Waals surface area (Å²) in [6, 6.07) is 4.45. The molecular formula is C11H13NO4. The number of aliphatic hydroxyl groups excluding tert-OH is 1. The monoisotopic (exact) mass is 223 g/mol. The Morgan fingerprint density at radius 3 is 2.88 bits per heavy atom. The molecule has 1 aromatic carbocycles. The van der Waals surface area contributed by atoms with E-state index in [0.29, 0.717) is 17.7 Å². The lowest BCUT2D eigenvalue weighted by molar-refractivity contribution is -0.385. The van der Waals surface area contributed by atoms with Crippen LogP contribution in [0.3, 0.4) is 0 Å². The first-order valence-corrected chi connectivity index (χ1v) is 5.04. The van der Waals surface area contributed by atoms with Gasteiger partial charge in [-0.2, -0.15) is 0 Å². The molecule has 1 atom stereocenters. The zero-order chi connectivity index (χ0) is 11.9. The Morgan fingerprint density at radius 2 is 2.25 bits per heavy atom. The van der Waals surface area contributed by atoms with Crippen molar-refractivity contribution in [3.8, 4) is 5.75 Å². The molecule has 1 N–H and O–H groups in total. The molecule has 2 rings (SSSR count). The minimum Gasteiger partial charge on any atom is -0.485 e. The molecule has 0 spiro atoms. The molecule has 0 aromatic heterocycles. The molecule has 5 heteroatoms. The van der Waals surface area contributed by atoms with Crippen molar-refractivity contribution in [1.82, 2.24) is 0 Å². The van der Waals surface area contributed by atoms with Gasteiger partial charge in [-0.3, -0.25) is 10.1 Å². The standard InChI is InChI=1S/C11H13NO4/c1-11(2)10(13)6-7-5-8(12(14)15)3-4-9(7)16-11/h3-5,10,13H,6H2,1-2H3. The summed E-state index contributed by atoms with van der Waals surface area (Å²) in [5, 5.41) is 20.4. The Kier molecular flexibility index (Phi) is 2.35. The second-order valence-electron chi connectivity index (χ2n) is 4.47. The number of aliphatic hydroxyl groups is 1. The molecule has 1 heterocycles. The Hall–Kier alpha value is -1.62. The largest absolute Gasteiger partial charge is 0.485 e. The van der Waals surface area contributed by atoms with Crippen molar-refractivity contribution < 1.29 is 14.8 Å². The van der Waals surface area contributed by atoms with E-state index in [1.54, 1.807) is 19.9 Å². The topological polar surface area (TPSA) is 72.6 Å². The van der Waals surface area contributed by atoms with Gasteiger partial charge < -0.3 is 9.84 Å². The predicted octanol–water partition coefficient (Wildman–Crippen LogP) is 1.67. The lowest BCUT2D eigenvalue weighted by Crippen LogP contribution is -2.46. The Bertz CT molecular complexity index is 442. The number of nitro groups is 1. The first-order chi connectivity index (χ1) is 7.40. The highest BCUT2D eigenvalue weighted by molar-refractivity contribution is 5.45. The van der Waals surface area contributed by atoms with Gasteiger partial charge in [0.1, 0.15) is 11.4 Å². The van der Waals surface area contributed by atoms with Crippen LogP contribution in [-0.2, 0) is 6.42 Å². The van der Waals surface area contributed by atoms with Gasteiger partial charge in [0.05, 0.1) is 11.0 Å². The number of hydrogen-bond acceptors (Lipinski definition) is 4. The first kappa shape index (κ1) is 10.9. The highest BCUT2D eigenvalue weighted by Gasteiger charge is 2.36. The number of ether oxygens (including phenoxy) is 1. The van der Waals surface area contributed by atoms with Crippen molar-refractivity contribution >= 4 is 5.69 Å². The molecular weight excluding hydrogens is 210 g/mol. The van der Waals surface area contributed by atoms with Crippen LogP contribution in [0.2, 0.25) is 0 Å².